The zero-order valence-electron chi connectivity index (χ0n) is 11.2. The molecule has 0 amide bonds. The van der Waals surface area contributed by atoms with Gasteiger partial charge in [-0.05, 0) is 48.9 Å². The topological polar surface area (TPSA) is 26.0 Å². The van der Waals surface area contributed by atoms with Gasteiger partial charge in [0.05, 0.1) is 0 Å². The molecule has 1 unspecified atom stereocenters. The Morgan fingerprint density at radius 2 is 1.76 bits per heavy atom. The number of rotatable bonds is 6. The van der Waals surface area contributed by atoms with E-state index in [0.29, 0.717) is 5.92 Å². The van der Waals surface area contributed by atoms with Gasteiger partial charge in [-0.25, -0.2) is 4.39 Å². The second-order valence-corrected chi connectivity index (χ2v) is 4.86. The Hall–Kier alpha value is -0.890. The molecule has 0 bridgehead atoms. The third kappa shape index (κ3) is 3.81. The number of hydrogen-bond donors (Lipinski definition) is 1. The summed E-state index contributed by atoms with van der Waals surface area (Å²) in [7, 11) is 0. The molecule has 1 rings (SSSR count). The molecule has 17 heavy (non-hydrogen) atoms. The van der Waals surface area contributed by atoms with E-state index >= 15 is 0 Å². The molecule has 2 heteroatoms. The molecule has 0 saturated heterocycles. The van der Waals surface area contributed by atoms with Gasteiger partial charge >= 0.3 is 0 Å². The molecule has 0 saturated carbocycles. The van der Waals surface area contributed by atoms with E-state index in [4.69, 9.17) is 5.73 Å². The van der Waals surface area contributed by atoms with Crippen LogP contribution in [-0.4, -0.2) is 0 Å². The molecule has 0 aromatic heterocycles. The van der Waals surface area contributed by atoms with Crippen LogP contribution in [0.4, 0.5) is 4.39 Å². The Bertz CT molecular complexity index is 343. The van der Waals surface area contributed by atoms with Gasteiger partial charge in [-0.3, -0.25) is 0 Å². The third-order valence-corrected chi connectivity index (χ3v) is 3.43. The molecule has 1 aromatic rings. The van der Waals surface area contributed by atoms with Crippen molar-refractivity contribution in [1.82, 2.24) is 0 Å². The predicted octanol–water partition coefficient (Wildman–Crippen LogP) is 4.35. The van der Waals surface area contributed by atoms with Crippen molar-refractivity contribution in [3.05, 3.63) is 35.1 Å². The van der Waals surface area contributed by atoms with E-state index in [-0.39, 0.29) is 11.9 Å². The van der Waals surface area contributed by atoms with E-state index < -0.39 is 0 Å². The summed E-state index contributed by atoms with van der Waals surface area (Å²) in [5.74, 6) is 0.276. The van der Waals surface area contributed by atoms with Crippen molar-refractivity contribution in [3.63, 3.8) is 0 Å². The van der Waals surface area contributed by atoms with Crippen molar-refractivity contribution in [1.29, 1.82) is 0 Å². The predicted molar refractivity (Wildman–Crippen MR) is 71.4 cm³/mol. The van der Waals surface area contributed by atoms with Crippen LogP contribution in [0.2, 0.25) is 0 Å². The molecule has 0 aliphatic heterocycles. The highest BCUT2D eigenvalue weighted by Crippen LogP contribution is 2.29. The van der Waals surface area contributed by atoms with E-state index in [1.807, 2.05) is 13.0 Å². The maximum absolute atomic E-state index is 13.3. The van der Waals surface area contributed by atoms with Crippen molar-refractivity contribution < 1.29 is 4.39 Å². The molecule has 0 aliphatic rings. The van der Waals surface area contributed by atoms with Crippen molar-refractivity contribution in [3.8, 4) is 0 Å². The summed E-state index contributed by atoms with van der Waals surface area (Å²) in [6.07, 6.45) is 4.50. The number of halogens is 1. The second-order valence-electron chi connectivity index (χ2n) is 4.86. The number of aryl methyl sites for hydroxylation is 1. The van der Waals surface area contributed by atoms with Crippen LogP contribution < -0.4 is 5.73 Å². The van der Waals surface area contributed by atoms with Crippen molar-refractivity contribution in [2.75, 3.05) is 0 Å². The van der Waals surface area contributed by atoms with E-state index in [1.54, 1.807) is 6.07 Å². The number of nitrogens with two attached hydrogens (primary N) is 1. The molecule has 0 fully saturated rings. The first-order valence-electron chi connectivity index (χ1n) is 6.61. The minimum atomic E-state index is -0.187. The molecular weight excluding hydrogens is 213 g/mol. The van der Waals surface area contributed by atoms with Gasteiger partial charge in [0.15, 0.2) is 0 Å². The lowest BCUT2D eigenvalue weighted by Crippen LogP contribution is -2.22. The fourth-order valence-electron chi connectivity index (χ4n) is 2.47. The largest absolute Gasteiger partial charge is 0.324 e. The van der Waals surface area contributed by atoms with Gasteiger partial charge < -0.3 is 5.73 Å². The summed E-state index contributed by atoms with van der Waals surface area (Å²) in [6.45, 7) is 6.35. The van der Waals surface area contributed by atoms with Gasteiger partial charge in [0.2, 0.25) is 0 Å². The van der Waals surface area contributed by atoms with Gasteiger partial charge in [-0.15, -0.1) is 0 Å². The van der Waals surface area contributed by atoms with Crippen LogP contribution in [0.1, 0.15) is 56.7 Å². The highest BCUT2D eigenvalue weighted by atomic mass is 19.1. The third-order valence-electron chi connectivity index (χ3n) is 3.43. The highest BCUT2D eigenvalue weighted by Gasteiger charge is 2.19. The molecule has 1 aromatic carbocycles. The lowest BCUT2D eigenvalue weighted by atomic mass is 9.85. The normalized spacial score (nSPS) is 13.1. The Kier molecular flexibility index (Phi) is 5.63. The van der Waals surface area contributed by atoms with Crippen LogP contribution in [-0.2, 0) is 0 Å². The summed E-state index contributed by atoms with van der Waals surface area (Å²) < 4.78 is 13.3. The van der Waals surface area contributed by atoms with Crippen LogP contribution >= 0.6 is 0 Å². The average Bonchev–Trinajstić information content (AvgIpc) is 2.31. The highest BCUT2D eigenvalue weighted by molar-refractivity contribution is 5.29. The fraction of sp³-hybridized carbons (Fsp3) is 0.600. The molecule has 1 atom stereocenters. The monoisotopic (exact) mass is 237 g/mol. The first kappa shape index (κ1) is 14.2. The first-order chi connectivity index (χ1) is 8.10. The Morgan fingerprint density at radius 3 is 2.29 bits per heavy atom. The summed E-state index contributed by atoms with van der Waals surface area (Å²) >= 11 is 0. The summed E-state index contributed by atoms with van der Waals surface area (Å²) in [5.41, 5.74) is 8.38. The molecule has 0 aliphatic carbocycles. The van der Waals surface area contributed by atoms with Crippen LogP contribution in [0.5, 0.6) is 0 Å². The molecule has 0 radical (unpaired) electrons. The fourth-order valence-corrected chi connectivity index (χ4v) is 2.47. The summed E-state index contributed by atoms with van der Waals surface area (Å²) in [4.78, 5) is 0. The second kappa shape index (κ2) is 6.75. The smallest absolute Gasteiger partial charge is 0.123 e. The standard InChI is InChI=1S/C15H24FN/c1-4-6-12(7-5-2)15(17)14-10-13(16)9-8-11(14)3/h8-10,12,15H,4-7,17H2,1-3H3. The average molecular weight is 237 g/mol. The van der Waals surface area contributed by atoms with Crippen LogP contribution in [0.3, 0.4) is 0 Å². The van der Waals surface area contributed by atoms with E-state index in [2.05, 4.69) is 13.8 Å². The van der Waals surface area contributed by atoms with Gasteiger partial charge in [0.1, 0.15) is 5.82 Å². The molecule has 2 N–H and O–H groups in total. The summed E-state index contributed by atoms with van der Waals surface area (Å²) in [5, 5.41) is 0. The number of benzene rings is 1. The van der Waals surface area contributed by atoms with E-state index in [1.165, 1.54) is 6.07 Å². The van der Waals surface area contributed by atoms with Crippen molar-refractivity contribution in [2.45, 2.75) is 52.5 Å². The molecular formula is C15H24FN. The Labute approximate surface area is 104 Å². The lowest BCUT2D eigenvalue weighted by molar-refractivity contribution is 0.367. The minimum absolute atomic E-state index is 0.0365. The van der Waals surface area contributed by atoms with Crippen molar-refractivity contribution >= 4 is 0 Å². The van der Waals surface area contributed by atoms with Crippen LogP contribution in [0, 0.1) is 18.7 Å². The quantitative estimate of drug-likeness (QED) is 0.782. The van der Waals surface area contributed by atoms with E-state index in [0.717, 1.165) is 36.8 Å². The number of hydrogen-bond acceptors (Lipinski definition) is 1. The van der Waals surface area contributed by atoms with Crippen LogP contribution in [0.15, 0.2) is 18.2 Å². The maximum atomic E-state index is 13.3. The van der Waals surface area contributed by atoms with Crippen LogP contribution in [0.25, 0.3) is 0 Å². The van der Waals surface area contributed by atoms with Gasteiger partial charge in [0.25, 0.3) is 0 Å². The maximum Gasteiger partial charge on any atom is 0.123 e. The summed E-state index contributed by atoms with van der Waals surface area (Å²) in [6, 6.07) is 4.88. The van der Waals surface area contributed by atoms with Crippen molar-refractivity contribution in [2.24, 2.45) is 11.7 Å². The van der Waals surface area contributed by atoms with E-state index in [9.17, 15) is 4.39 Å². The molecule has 0 heterocycles. The minimum Gasteiger partial charge on any atom is -0.324 e. The zero-order valence-corrected chi connectivity index (χ0v) is 11.2. The lowest BCUT2D eigenvalue weighted by Gasteiger charge is -2.25. The van der Waals surface area contributed by atoms with Gasteiger partial charge in [0, 0.05) is 6.04 Å². The van der Waals surface area contributed by atoms with Gasteiger partial charge in [-0.2, -0.15) is 0 Å². The molecule has 0 spiro atoms. The Balaban J connectivity index is 2.91. The molecule has 1 nitrogen and oxygen atoms in total. The Morgan fingerprint density at radius 1 is 1.18 bits per heavy atom. The molecule has 96 valence electrons. The van der Waals surface area contributed by atoms with Gasteiger partial charge in [-0.1, -0.05) is 32.8 Å². The SMILES string of the molecule is CCCC(CCC)C(N)c1cc(F)ccc1C. The zero-order chi connectivity index (χ0) is 12.8. The first-order valence-corrected chi connectivity index (χ1v) is 6.61.